The number of fused-ring (bicyclic) bond motifs is 1. The molecule has 0 aliphatic rings. The molecule has 0 aliphatic heterocycles. The maximum absolute atomic E-state index is 12.3. The third kappa shape index (κ3) is 3.71. The van der Waals surface area contributed by atoms with Crippen LogP contribution >= 0.6 is 0 Å². The molecule has 0 aliphatic carbocycles. The van der Waals surface area contributed by atoms with Crippen LogP contribution in [0.1, 0.15) is 12.0 Å². The molecule has 2 aromatic carbocycles. The Morgan fingerprint density at radius 3 is 2.75 bits per heavy atom. The number of aromatic nitrogens is 3. The van der Waals surface area contributed by atoms with Gasteiger partial charge in [-0.05, 0) is 54.4 Å². The van der Waals surface area contributed by atoms with Gasteiger partial charge in [0, 0.05) is 24.5 Å². The number of imidazole rings is 1. The Bertz CT molecular complexity index is 1110. The van der Waals surface area contributed by atoms with E-state index in [1.807, 2.05) is 59.2 Å². The standard InChI is InChI=1S/C22H20N4O2/c1-28-21-5-3-2-4-20(21)26-15-24-18-14-17(7-8-19(18)26)25-22(27)9-6-16-10-12-23-13-11-16/h2-5,7-8,10-15H,6,9H2,1H3,(H,25,27). The highest BCUT2D eigenvalue weighted by Gasteiger charge is 2.10. The van der Waals surface area contributed by atoms with Crippen molar-refractivity contribution in [2.24, 2.45) is 0 Å². The van der Waals surface area contributed by atoms with Gasteiger partial charge in [0.25, 0.3) is 0 Å². The lowest BCUT2D eigenvalue weighted by molar-refractivity contribution is -0.116. The quantitative estimate of drug-likeness (QED) is 0.555. The number of hydrogen-bond donors (Lipinski definition) is 1. The van der Waals surface area contributed by atoms with E-state index in [2.05, 4.69) is 15.3 Å². The van der Waals surface area contributed by atoms with E-state index in [-0.39, 0.29) is 5.91 Å². The second-order valence-electron chi connectivity index (χ2n) is 6.39. The summed E-state index contributed by atoms with van der Waals surface area (Å²) in [6, 6.07) is 17.3. The molecule has 0 unspecified atom stereocenters. The first-order chi connectivity index (χ1) is 13.7. The Hall–Kier alpha value is -3.67. The molecule has 4 rings (SSSR count). The van der Waals surface area contributed by atoms with Crippen molar-refractivity contribution in [3.05, 3.63) is 78.9 Å². The van der Waals surface area contributed by atoms with E-state index in [0.717, 1.165) is 33.7 Å². The SMILES string of the molecule is COc1ccccc1-n1cnc2cc(NC(=O)CCc3ccncc3)ccc21. The minimum atomic E-state index is -0.0275. The van der Waals surface area contributed by atoms with Crippen LogP contribution in [0.5, 0.6) is 5.75 Å². The van der Waals surface area contributed by atoms with Gasteiger partial charge in [-0.2, -0.15) is 0 Å². The van der Waals surface area contributed by atoms with Crippen molar-refractivity contribution in [3.63, 3.8) is 0 Å². The van der Waals surface area contributed by atoms with Crippen LogP contribution in [-0.2, 0) is 11.2 Å². The van der Waals surface area contributed by atoms with Crippen LogP contribution < -0.4 is 10.1 Å². The lowest BCUT2D eigenvalue weighted by Gasteiger charge is -2.10. The summed E-state index contributed by atoms with van der Waals surface area (Å²) in [6.45, 7) is 0. The van der Waals surface area contributed by atoms with Gasteiger partial charge in [-0.1, -0.05) is 12.1 Å². The molecule has 1 amide bonds. The number of aryl methyl sites for hydroxylation is 1. The van der Waals surface area contributed by atoms with Gasteiger partial charge in [0.15, 0.2) is 0 Å². The van der Waals surface area contributed by atoms with Crippen molar-refractivity contribution in [3.8, 4) is 11.4 Å². The molecule has 4 aromatic rings. The molecular weight excluding hydrogens is 352 g/mol. The first-order valence-corrected chi connectivity index (χ1v) is 9.04. The molecular formula is C22H20N4O2. The number of amides is 1. The van der Waals surface area contributed by atoms with E-state index < -0.39 is 0 Å². The molecule has 140 valence electrons. The zero-order chi connectivity index (χ0) is 19.3. The fourth-order valence-electron chi connectivity index (χ4n) is 3.14. The van der Waals surface area contributed by atoms with Gasteiger partial charge in [-0.15, -0.1) is 0 Å². The summed E-state index contributed by atoms with van der Waals surface area (Å²) < 4.78 is 7.42. The van der Waals surface area contributed by atoms with Crippen molar-refractivity contribution in [1.82, 2.24) is 14.5 Å². The topological polar surface area (TPSA) is 69.0 Å². The van der Waals surface area contributed by atoms with Crippen molar-refractivity contribution in [1.29, 1.82) is 0 Å². The molecule has 0 fully saturated rings. The number of para-hydroxylation sites is 2. The highest BCUT2D eigenvalue weighted by molar-refractivity contribution is 5.93. The maximum atomic E-state index is 12.3. The third-order valence-corrected chi connectivity index (χ3v) is 4.57. The average molecular weight is 372 g/mol. The number of carbonyl (C=O) groups excluding carboxylic acids is 1. The number of nitrogens with one attached hydrogen (secondary N) is 1. The highest BCUT2D eigenvalue weighted by Crippen LogP contribution is 2.27. The van der Waals surface area contributed by atoms with Crippen molar-refractivity contribution in [2.45, 2.75) is 12.8 Å². The molecule has 1 N–H and O–H groups in total. The summed E-state index contributed by atoms with van der Waals surface area (Å²) in [4.78, 5) is 20.7. The molecule has 2 heterocycles. The number of ether oxygens (including phenoxy) is 1. The molecule has 6 heteroatoms. The van der Waals surface area contributed by atoms with Crippen LogP contribution in [0.15, 0.2) is 73.3 Å². The summed E-state index contributed by atoms with van der Waals surface area (Å²) in [6.07, 6.45) is 6.33. The van der Waals surface area contributed by atoms with Crippen molar-refractivity contribution < 1.29 is 9.53 Å². The number of methoxy groups -OCH3 is 1. The predicted molar refractivity (Wildman–Crippen MR) is 109 cm³/mol. The summed E-state index contributed by atoms with van der Waals surface area (Å²) in [5, 5.41) is 2.95. The predicted octanol–water partition coefficient (Wildman–Crippen LogP) is 4.00. The lowest BCUT2D eigenvalue weighted by Crippen LogP contribution is -2.12. The Kier molecular flexibility index (Phi) is 5.01. The van der Waals surface area contributed by atoms with Crippen LogP contribution in [-0.4, -0.2) is 27.6 Å². The van der Waals surface area contributed by atoms with Gasteiger partial charge < -0.3 is 10.1 Å². The Morgan fingerprint density at radius 1 is 1.11 bits per heavy atom. The fourth-order valence-corrected chi connectivity index (χ4v) is 3.14. The number of nitrogens with zero attached hydrogens (tertiary/aromatic N) is 3. The average Bonchev–Trinajstić information content (AvgIpc) is 3.16. The summed E-state index contributed by atoms with van der Waals surface area (Å²) in [5.74, 6) is 0.746. The smallest absolute Gasteiger partial charge is 0.224 e. The Morgan fingerprint density at radius 2 is 1.93 bits per heavy atom. The van der Waals surface area contributed by atoms with Crippen LogP contribution in [0.4, 0.5) is 5.69 Å². The van der Waals surface area contributed by atoms with E-state index in [0.29, 0.717) is 12.8 Å². The van der Waals surface area contributed by atoms with E-state index in [1.54, 1.807) is 25.8 Å². The van der Waals surface area contributed by atoms with Gasteiger partial charge >= 0.3 is 0 Å². The maximum Gasteiger partial charge on any atom is 0.224 e. The molecule has 0 saturated carbocycles. The number of carbonyl (C=O) groups is 1. The minimum Gasteiger partial charge on any atom is -0.495 e. The van der Waals surface area contributed by atoms with Gasteiger partial charge in [-0.25, -0.2) is 4.98 Å². The first-order valence-electron chi connectivity index (χ1n) is 9.04. The Labute approximate surface area is 162 Å². The minimum absolute atomic E-state index is 0.0275. The first kappa shape index (κ1) is 17.7. The zero-order valence-electron chi connectivity index (χ0n) is 15.5. The summed E-state index contributed by atoms with van der Waals surface area (Å²) in [7, 11) is 1.65. The lowest BCUT2D eigenvalue weighted by atomic mass is 10.1. The van der Waals surface area contributed by atoms with Gasteiger partial charge in [0.2, 0.25) is 5.91 Å². The van der Waals surface area contributed by atoms with Crippen molar-refractivity contribution >= 4 is 22.6 Å². The molecule has 0 atom stereocenters. The zero-order valence-corrected chi connectivity index (χ0v) is 15.5. The number of rotatable bonds is 6. The largest absolute Gasteiger partial charge is 0.495 e. The summed E-state index contributed by atoms with van der Waals surface area (Å²) in [5.41, 5.74) is 4.49. The van der Waals surface area contributed by atoms with E-state index >= 15 is 0 Å². The Balaban J connectivity index is 1.50. The van der Waals surface area contributed by atoms with Gasteiger partial charge in [0.05, 0.1) is 23.8 Å². The van der Waals surface area contributed by atoms with Crippen LogP contribution in [0.25, 0.3) is 16.7 Å². The summed E-state index contributed by atoms with van der Waals surface area (Å²) >= 11 is 0. The van der Waals surface area contributed by atoms with Crippen LogP contribution in [0.3, 0.4) is 0 Å². The van der Waals surface area contributed by atoms with E-state index in [9.17, 15) is 4.79 Å². The normalized spacial score (nSPS) is 10.8. The van der Waals surface area contributed by atoms with Gasteiger partial charge in [-0.3, -0.25) is 14.3 Å². The number of pyridine rings is 1. The molecule has 2 aromatic heterocycles. The van der Waals surface area contributed by atoms with Crippen molar-refractivity contribution in [2.75, 3.05) is 12.4 Å². The molecule has 28 heavy (non-hydrogen) atoms. The van der Waals surface area contributed by atoms with Crippen LogP contribution in [0.2, 0.25) is 0 Å². The molecule has 0 bridgehead atoms. The number of hydrogen-bond acceptors (Lipinski definition) is 4. The monoisotopic (exact) mass is 372 g/mol. The second-order valence-corrected chi connectivity index (χ2v) is 6.39. The molecule has 0 saturated heterocycles. The third-order valence-electron chi connectivity index (χ3n) is 4.57. The van der Waals surface area contributed by atoms with E-state index in [4.69, 9.17) is 4.74 Å². The number of anilines is 1. The fraction of sp³-hybridized carbons (Fsp3) is 0.136. The highest BCUT2D eigenvalue weighted by atomic mass is 16.5. The van der Waals surface area contributed by atoms with Crippen LogP contribution in [0, 0.1) is 0 Å². The van der Waals surface area contributed by atoms with Gasteiger partial charge in [0.1, 0.15) is 12.1 Å². The molecule has 6 nitrogen and oxygen atoms in total. The van der Waals surface area contributed by atoms with E-state index in [1.165, 1.54) is 0 Å². The molecule has 0 radical (unpaired) electrons. The number of benzene rings is 2. The molecule has 0 spiro atoms. The second kappa shape index (κ2) is 7.92.